The molecule has 1 heterocycles. The Balaban J connectivity index is 2.77. The molecule has 0 saturated heterocycles. The van der Waals surface area contributed by atoms with Crippen LogP contribution in [0.4, 0.5) is 0 Å². The number of sulfonamides is 1. The third-order valence-corrected chi connectivity index (χ3v) is 6.25. The Hall–Kier alpha value is -0.430. The van der Waals surface area contributed by atoms with Gasteiger partial charge in [0.1, 0.15) is 4.21 Å². The molecule has 0 unspecified atom stereocenters. The summed E-state index contributed by atoms with van der Waals surface area (Å²) in [6, 6.07) is 1.51. The van der Waals surface area contributed by atoms with E-state index < -0.39 is 10.0 Å². The highest BCUT2D eigenvalue weighted by Gasteiger charge is 2.26. The van der Waals surface area contributed by atoms with Crippen molar-refractivity contribution in [3.05, 3.63) is 17.0 Å². The second-order valence-electron chi connectivity index (χ2n) is 5.40. The van der Waals surface area contributed by atoms with Crippen molar-refractivity contribution >= 4 is 21.4 Å². The van der Waals surface area contributed by atoms with Crippen molar-refractivity contribution in [2.45, 2.75) is 38.5 Å². The van der Waals surface area contributed by atoms with Crippen molar-refractivity contribution in [1.82, 2.24) is 4.72 Å². The predicted octanol–water partition coefficient (Wildman–Crippen LogP) is 2.20. The normalized spacial score (nSPS) is 13.2. The fraction of sp³-hybridized carbons (Fsp3) is 0.667. The molecule has 2 N–H and O–H groups in total. The maximum Gasteiger partial charge on any atom is 0.250 e. The van der Waals surface area contributed by atoms with Crippen LogP contribution in [-0.4, -0.2) is 20.1 Å². The van der Waals surface area contributed by atoms with Crippen LogP contribution in [-0.2, 0) is 16.6 Å². The van der Waals surface area contributed by atoms with Crippen LogP contribution in [0.25, 0.3) is 0 Å². The van der Waals surface area contributed by atoms with E-state index in [1.165, 1.54) is 6.07 Å². The van der Waals surface area contributed by atoms with Crippen LogP contribution >= 0.6 is 11.3 Å². The molecule has 0 amide bonds. The first-order valence-corrected chi connectivity index (χ1v) is 8.23. The molecule has 0 aliphatic rings. The van der Waals surface area contributed by atoms with Gasteiger partial charge in [-0.1, -0.05) is 27.7 Å². The Morgan fingerprint density at radius 1 is 1.44 bits per heavy atom. The molecule has 4 nitrogen and oxygen atoms in total. The van der Waals surface area contributed by atoms with Crippen molar-refractivity contribution in [1.29, 1.82) is 0 Å². The summed E-state index contributed by atoms with van der Waals surface area (Å²) in [4.78, 5) is 0. The zero-order chi connectivity index (χ0) is 14.0. The quantitative estimate of drug-likeness (QED) is 0.844. The Kier molecular flexibility index (Phi) is 4.94. The Morgan fingerprint density at radius 3 is 2.50 bits per heavy atom. The molecule has 104 valence electrons. The van der Waals surface area contributed by atoms with Gasteiger partial charge in [-0.15, -0.1) is 11.3 Å². The van der Waals surface area contributed by atoms with E-state index in [2.05, 4.69) is 18.6 Å². The number of aliphatic hydroxyl groups is 1. The molecule has 18 heavy (non-hydrogen) atoms. The minimum atomic E-state index is -3.46. The standard InChI is InChI=1S/C12H21NO3S2/c1-9(2)12(3,4)8-13-18(15,16)11-5-10(6-14)7-17-11/h5,7,9,13-14H,6,8H2,1-4H3. The lowest BCUT2D eigenvalue weighted by molar-refractivity contribution is 0.252. The van der Waals surface area contributed by atoms with E-state index in [0.29, 0.717) is 18.0 Å². The lowest BCUT2D eigenvalue weighted by Crippen LogP contribution is -2.36. The largest absolute Gasteiger partial charge is 0.392 e. The van der Waals surface area contributed by atoms with Gasteiger partial charge < -0.3 is 5.11 Å². The Morgan fingerprint density at radius 2 is 2.06 bits per heavy atom. The van der Waals surface area contributed by atoms with Crippen LogP contribution in [0.5, 0.6) is 0 Å². The zero-order valence-electron chi connectivity index (χ0n) is 11.2. The highest BCUT2D eigenvalue weighted by Crippen LogP contribution is 2.26. The van der Waals surface area contributed by atoms with E-state index in [-0.39, 0.29) is 16.2 Å². The minimum absolute atomic E-state index is 0.0931. The number of hydrogen-bond acceptors (Lipinski definition) is 4. The summed E-state index contributed by atoms with van der Waals surface area (Å²) in [6.07, 6.45) is 0. The van der Waals surface area contributed by atoms with E-state index >= 15 is 0 Å². The van der Waals surface area contributed by atoms with E-state index in [1.807, 2.05) is 13.8 Å². The van der Waals surface area contributed by atoms with E-state index in [9.17, 15) is 8.42 Å². The van der Waals surface area contributed by atoms with Crippen molar-refractivity contribution in [3.8, 4) is 0 Å². The van der Waals surface area contributed by atoms with Crippen LogP contribution in [0.3, 0.4) is 0 Å². The smallest absolute Gasteiger partial charge is 0.250 e. The molecular formula is C12H21NO3S2. The lowest BCUT2D eigenvalue weighted by atomic mass is 9.81. The van der Waals surface area contributed by atoms with Crippen LogP contribution < -0.4 is 4.72 Å². The summed E-state index contributed by atoms with van der Waals surface area (Å²) in [5, 5.41) is 10.6. The molecule has 6 heteroatoms. The molecule has 1 aromatic heterocycles. The van der Waals surface area contributed by atoms with Crippen LogP contribution in [0.2, 0.25) is 0 Å². The maximum absolute atomic E-state index is 12.0. The Labute approximate surface area is 113 Å². The molecule has 0 aliphatic heterocycles. The first-order chi connectivity index (χ1) is 8.19. The van der Waals surface area contributed by atoms with Crippen LogP contribution in [0, 0.1) is 11.3 Å². The van der Waals surface area contributed by atoms with Crippen molar-refractivity contribution in [2.75, 3.05) is 6.54 Å². The first-order valence-electron chi connectivity index (χ1n) is 5.87. The van der Waals surface area contributed by atoms with Gasteiger partial charge in [0, 0.05) is 6.54 Å². The van der Waals surface area contributed by atoms with Crippen LogP contribution in [0.15, 0.2) is 15.7 Å². The SMILES string of the molecule is CC(C)C(C)(C)CNS(=O)(=O)c1cc(CO)cs1. The topological polar surface area (TPSA) is 66.4 Å². The molecule has 0 bridgehead atoms. The summed E-state index contributed by atoms with van der Waals surface area (Å²) >= 11 is 1.13. The number of rotatable bonds is 6. The van der Waals surface area contributed by atoms with Gasteiger partial charge in [-0.25, -0.2) is 13.1 Å². The highest BCUT2D eigenvalue weighted by atomic mass is 32.2. The molecule has 0 aliphatic carbocycles. The summed E-state index contributed by atoms with van der Waals surface area (Å²) in [7, 11) is -3.46. The predicted molar refractivity (Wildman–Crippen MR) is 74.0 cm³/mol. The monoisotopic (exact) mass is 291 g/mol. The van der Waals surface area contributed by atoms with Gasteiger partial charge in [0.2, 0.25) is 10.0 Å². The van der Waals surface area contributed by atoms with Crippen molar-refractivity contribution in [2.24, 2.45) is 11.3 Å². The van der Waals surface area contributed by atoms with Crippen molar-refractivity contribution < 1.29 is 13.5 Å². The van der Waals surface area contributed by atoms with Crippen LogP contribution in [0.1, 0.15) is 33.3 Å². The maximum atomic E-state index is 12.0. The second-order valence-corrected chi connectivity index (χ2v) is 8.30. The number of aliphatic hydroxyl groups excluding tert-OH is 1. The summed E-state index contributed by atoms with van der Waals surface area (Å²) in [5.41, 5.74) is 0.535. The first kappa shape index (κ1) is 15.6. The number of nitrogens with one attached hydrogen (secondary N) is 1. The van der Waals surface area contributed by atoms with Gasteiger partial charge >= 0.3 is 0 Å². The Bertz CT molecular complexity index is 489. The summed E-state index contributed by atoms with van der Waals surface area (Å²) in [6.45, 7) is 8.48. The fourth-order valence-corrected chi connectivity index (χ4v) is 3.60. The fourth-order valence-electron chi connectivity index (χ4n) is 1.13. The number of thiophene rings is 1. The lowest BCUT2D eigenvalue weighted by Gasteiger charge is -2.29. The molecule has 0 saturated carbocycles. The van der Waals surface area contributed by atoms with Gasteiger partial charge in [-0.05, 0) is 28.3 Å². The molecule has 1 aromatic rings. The zero-order valence-corrected chi connectivity index (χ0v) is 12.9. The van der Waals surface area contributed by atoms with Gasteiger partial charge in [-0.3, -0.25) is 0 Å². The van der Waals surface area contributed by atoms with Gasteiger partial charge in [0.25, 0.3) is 0 Å². The summed E-state index contributed by atoms with van der Waals surface area (Å²) < 4.78 is 27.0. The van der Waals surface area contributed by atoms with Gasteiger partial charge in [-0.2, -0.15) is 0 Å². The molecule has 0 radical (unpaired) electrons. The highest BCUT2D eigenvalue weighted by molar-refractivity contribution is 7.91. The van der Waals surface area contributed by atoms with Crippen molar-refractivity contribution in [3.63, 3.8) is 0 Å². The summed E-state index contributed by atoms with van der Waals surface area (Å²) in [5.74, 6) is 0.386. The van der Waals surface area contributed by atoms with Gasteiger partial charge in [0.05, 0.1) is 6.61 Å². The molecule has 0 aromatic carbocycles. The average Bonchev–Trinajstić information content (AvgIpc) is 2.75. The third kappa shape index (κ3) is 3.78. The second kappa shape index (κ2) is 5.69. The average molecular weight is 291 g/mol. The van der Waals surface area contributed by atoms with Gasteiger partial charge in [0.15, 0.2) is 0 Å². The third-order valence-electron chi connectivity index (χ3n) is 3.36. The number of hydrogen-bond donors (Lipinski definition) is 2. The molecule has 1 rings (SSSR count). The molecule has 0 spiro atoms. The molecule has 0 atom stereocenters. The van der Waals surface area contributed by atoms with E-state index in [0.717, 1.165) is 11.3 Å². The molecular weight excluding hydrogens is 270 g/mol. The van der Waals surface area contributed by atoms with E-state index in [4.69, 9.17) is 5.11 Å². The molecule has 0 fully saturated rings. The minimum Gasteiger partial charge on any atom is -0.392 e. The van der Waals surface area contributed by atoms with E-state index in [1.54, 1.807) is 5.38 Å².